The van der Waals surface area contributed by atoms with Gasteiger partial charge in [-0.2, -0.15) is 0 Å². The van der Waals surface area contributed by atoms with Gasteiger partial charge < -0.3 is 10.3 Å². The van der Waals surface area contributed by atoms with E-state index in [0.717, 1.165) is 22.4 Å². The van der Waals surface area contributed by atoms with Crippen molar-refractivity contribution in [3.05, 3.63) is 60.8 Å². The Labute approximate surface area is 160 Å². The molecule has 0 aliphatic carbocycles. The van der Waals surface area contributed by atoms with E-state index in [1.165, 1.54) is 19.1 Å². The number of halogens is 2. The number of benzene rings is 1. The number of carbonyl (C=O) groups is 1. The number of rotatable bonds is 3. The summed E-state index contributed by atoms with van der Waals surface area (Å²) in [5, 5.41) is 2.67. The summed E-state index contributed by atoms with van der Waals surface area (Å²) in [6.07, 6.45) is 4.83. The van der Waals surface area contributed by atoms with Gasteiger partial charge in [0, 0.05) is 36.6 Å². The Balaban J connectivity index is 0.00000210. The molecule has 0 atom stereocenters. The molecule has 27 heavy (non-hydrogen) atoms. The van der Waals surface area contributed by atoms with Crippen LogP contribution in [-0.2, 0) is 4.79 Å². The van der Waals surface area contributed by atoms with Crippen LogP contribution in [0, 0.1) is 5.82 Å². The van der Waals surface area contributed by atoms with Crippen LogP contribution in [-0.4, -0.2) is 25.8 Å². The first-order chi connectivity index (χ1) is 12.6. The molecule has 0 saturated carbocycles. The Hall–Kier alpha value is -3.32. The smallest absolute Gasteiger partial charge is 0.222 e. The van der Waals surface area contributed by atoms with Gasteiger partial charge in [-0.3, -0.25) is 9.78 Å². The van der Waals surface area contributed by atoms with Crippen LogP contribution in [0.1, 0.15) is 6.92 Å². The fourth-order valence-electron chi connectivity index (χ4n) is 2.86. The molecule has 1 amide bonds. The Morgan fingerprint density at radius 3 is 2.48 bits per heavy atom. The molecule has 0 bridgehead atoms. The number of nitrogens with one attached hydrogen (secondary N) is 2. The van der Waals surface area contributed by atoms with E-state index in [4.69, 9.17) is 0 Å². The molecule has 0 radical (unpaired) electrons. The van der Waals surface area contributed by atoms with Crippen LogP contribution in [0.4, 0.5) is 10.2 Å². The molecule has 0 fully saturated rings. The van der Waals surface area contributed by atoms with Gasteiger partial charge in [0.2, 0.25) is 5.91 Å². The lowest BCUT2D eigenvalue weighted by Crippen LogP contribution is -2.07. The Bertz CT molecular complexity index is 1110. The first kappa shape index (κ1) is 18.5. The second kappa shape index (κ2) is 7.51. The number of pyridine rings is 1. The highest BCUT2D eigenvalue weighted by Crippen LogP contribution is 2.37. The van der Waals surface area contributed by atoms with Gasteiger partial charge in [0.15, 0.2) is 5.65 Å². The summed E-state index contributed by atoms with van der Waals surface area (Å²) in [6.45, 7) is 1.43. The maximum atomic E-state index is 13.4. The van der Waals surface area contributed by atoms with Gasteiger partial charge in [-0.15, -0.1) is 12.4 Å². The summed E-state index contributed by atoms with van der Waals surface area (Å²) in [6, 6.07) is 9.80. The second-order valence-corrected chi connectivity index (χ2v) is 5.75. The lowest BCUT2D eigenvalue weighted by atomic mass is 10.0. The minimum absolute atomic E-state index is 0. The van der Waals surface area contributed by atoms with Gasteiger partial charge in [0.25, 0.3) is 0 Å². The average molecular weight is 384 g/mol. The number of nitrogens with zero attached hydrogens (tertiary/aromatic N) is 3. The molecular formula is C19H15ClFN5O. The summed E-state index contributed by atoms with van der Waals surface area (Å²) in [5.74, 6) is -0.0638. The topological polar surface area (TPSA) is 83.6 Å². The maximum absolute atomic E-state index is 13.4. The van der Waals surface area contributed by atoms with Crippen molar-refractivity contribution in [2.75, 3.05) is 5.32 Å². The van der Waals surface area contributed by atoms with Crippen molar-refractivity contribution in [3.8, 4) is 22.4 Å². The molecule has 136 valence electrons. The van der Waals surface area contributed by atoms with E-state index in [0.29, 0.717) is 17.0 Å². The zero-order valence-corrected chi connectivity index (χ0v) is 15.0. The molecule has 3 heterocycles. The standard InChI is InChI=1S/C19H14FN5O.ClH/c1-11(26)24-15-10-13(6-7-21-15)17-16(12-2-4-14(20)5-3-12)18-19(25-17)23-9-8-22-18;/h2-10H,1H3,(H,23,25)(H,21,24,26);1H. The van der Waals surface area contributed by atoms with Gasteiger partial charge in [0.05, 0.1) is 5.69 Å². The highest BCUT2D eigenvalue weighted by Gasteiger charge is 2.17. The number of hydrogen-bond donors (Lipinski definition) is 2. The summed E-state index contributed by atoms with van der Waals surface area (Å²) in [7, 11) is 0. The molecule has 4 rings (SSSR count). The van der Waals surface area contributed by atoms with Gasteiger partial charge in [0.1, 0.15) is 17.2 Å². The van der Waals surface area contributed by atoms with E-state index in [1.54, 1.807) is 36.8 Å². The Morgan fingerprint density at radius 2 is 1.74 bits per heavy atom. The molecule has 1 aromatic carbocycles. The molecule has 0 saturated heterocycles. The van der Waals surface area contributed by atoms with E-state index in [2.05, 4.69) is 25.3 Å². The van der Waals surface area contributed by atoms with Crippen LogP contribution in [0.5, 0.6) is 0 Å². The predicted octanol–water partition coefficient (Wildman–Crippen LogP) is 4.21. The van der Waals surface area contributed by atoms with Crippen molar-refractivity contribution in [2.24, 2.45) is 0 Å². The third kappa shape index (κ3) is 3.63. The van der Waals surface area contributed by atoms with Crippen LogP contribution in [0.25, 0.3) is 33.5 Å². The minimum atomic E-state index is -0.307. The summed E-state index contributed by atoms with van der Waals surface area (Å²) < 4.78 is 13.4. The average Bonchev–Trinajstić information content (AvgIpc) is 3.02. The quantitative estimate of drug-likeness (QED) is 0.555. The zero-order chi connectivity index (χ0) is 18.1. The molecular weight excluding hydrogens is 369 g/mol. The summed E-state index contributed by atoms with van der Waals surface area (Å²) in [4.78, 5) is 27.5. The number of H-pyrrole nitrogens is 1. The normalized spacial score (nSPS) is 10.4. The molecule has 4 aromatic rings. The number of aromatic nitrogens is 4. The minimum Gasteiger partial charge on any atom is -0.337 e. The van der Waals surface area contributed by atoms with Crippen molar-refractivity contribution in [3.63, 3.8) is 0 Å². The van der Waals surface area contributed by atoms with E-state index in [9.17, 15) is 9.18 Å². The zero-order valence-electron chi connectivity index (χ0n) is 14.2. The SMILES string of the molecule is CC(=O)Nc1cc(-c2[nH]c3nccnc3c2-c2ccc(F)cc2)ccn1.Cl. The van der Waals surface area contributed by atoms with Crippen molar-refractivity contribution < 1.29 is 9.18 Å². The van der Waals surface area contributed by atoms with E-state index in [1.807, 2.05) is 6.07 Å². The molecule has 3 aromatic heterocycles. The van der Waals surface area contributed by atoms with Crippen molar-refractivity contribution in [2.45, 2.75) is 6.92 Å². The molecule has 0 unspecified atom stereocenters. The first-order valence-electron chi connectivity index (χ1n) is 7.94. The third-order valence-corrected chi connectivity index (χ3v) is 3.91. The number of hydrogen-bond acceptors (Lipinski definition) is 4. The van der Waals surface area contributed by atoms with Gasteiger partial charge >= 0.3 is 0 Å². The molecule has 0 spiro atoms. The van der Waals surface area contributed by atoms with E-state index in [-0.39, 0.29) is 24.1 Å². The second-order valence-electron chi connectivity index (χ2n) is 5.75. The Morgan fingerprint density at radius 1 is 1.00 bits per heavy atom. The fourth-order valence-corrected chi connectivity index (χ4v) is 2.86. The highest BCUT2D eigenvalue weighted by molar-refractivity contribution is 6.00. The van der Waals surface area contributed by atoms with Crippen molar-refractivity contribution in [1.82, 2.24) is 19.9 Å². The van der Waals surface area contributed by atoms with Crippen LogP contribution < -0.4 is 5.32 Å². The van der Waals surface area contributed by atoms with Crippen LogP contribution in [0.3, 0.4) is 0 Å². The number of carbonyl (C=O) groups excluding carboxylic acids is 1. The maximum Gasteiger partial charge on any atom is 0.222 e. The highest BCUT2D eigenvalue weighted by atomic mass is 35.5. The third-order valence-electron chi connectivity index (χ3n) is 3.91. The predicted molar refractivity (Wildman–Crippen MR) is 104 cm³/mol. The van der Waals surface area contributed by atoms with Gasteiger partial charge in [-0.1, -0.05) is 12.1 Å². The molecule has 0 aliphatic rings. The summed E-state index contributed by atoms with van der Waals surface area (Å²) in [5.41, 5.74) is 4.51. The fraction of sp³-hybridized carbons (Fsp3) is 0.0526. The van der Waals surface area contributed by atoms with Crippen LogP contribution in [0.15, 0.2) is 55.0 Å². The number of amides is 1. The number of anilines is 1. The Kier molecular flexibility index (Phi) is 5.14. The van der Waals surface area contributed by atoms with E-state index >= 15 is 0 Å². The van der Waals surface area contributed by atoms with Crippen molar-refractivity contribution in [1.29, 1.82) is 0 Å². The lowest BCUT2D eigenvalue weighted by Gasteiger charge is -2.07. The van der Waals surface area contributed by atoms with Gasteiger partial charge in [-0.25, -0.2) is 14.4 Å². The van der Waals surface area contributed by atoms with Gasteiger partial charge in [-0.05, 0) is 29.8 Å². The molecule has 8 heteroatoms. The van der Waals surface area contributed by atoms with Crippen LogP contribution >= 0.6 is 12.4 Å². The monoisotopic (exact) mass is 383 g/mol. The summed E-state index contributed by atoms with van der Waals surface area (Å²) >= 11 is 0. The van der Waals surface area contributed by atoms with E-state index < -0.39 is 0 Å². The number of aromatic amines is 1. The number of fused-ring (bicyclic) bond motifs is 1. The lowest BCUT2D eigenvalue weighted by molar-refractivity contribution is -0.114. The molecule has 0 aliphatic heterocycles. The first-order valence-corrected chi connectivity index (χ1v) is 7.94. The van der Waals surface area contributed by atoms with Crippen LogP contribution in [0.2, 0.25) is 0 Å². The largest absolute Gasteiger partial charge is 0.337 e. The van der Waals surface area contributed by atoms with Crippen molar-refractivity contribution >= 4 is 35.3 Å². The molecule has 2 N–H and O–H groups in total. The molecule has 6 nitrogen and oxygen atoms in total.